The Balaban J connectivity index is 1.96. The van der Waals surface area contributed by atoms with Gasteiger partial charge in [0.25, 0.3) is 0 Å². The normalized spacial score (nSPS) is 11.1. The number of azo groups is 1. The van der Waals surface area contributed by atoms with Crippen LogP contribution in [0.1, 0.15) is 10.4 Å². The molecule has 0 saturated heterocycles. The Labute approximate surface area is 125 Å². The Kier molecular flexibility index (Phi) is 3.49. The highest BCUT2D eigenvalue weighted by Gasteiger charge is 2.05. The van der Waals surface area contributed by atoms with E-state index in [-0.39, 0.29) is 11.3 Å². The summed E-state index contributed by atoms with van der Waals surface area (Å²) in [6.45, 7) is 0. The lowest BCUT2D eigenvalue weighted by molar-refractivity contribution is 0.0697. The maximum Gasteiger partial charge on any atom is 0.335 e. The van der Waals surface area contributed by atoms with Crippen LogP contribution in [0.3, 0.4) is 0 Å². The average Bonchev–Trinajstić information content (AvgIpc) is 2.55. The summed E-state index contributed by atoms with van der Waals surface area (Å²) in [5.41, 5.74) is 1.76. The van der Waals surface area contributed by atoms with E-state index < -0.39 is 5.97 Å². The van der Waals surface area contributed by atoms with Gasteiger partial charge >= 0.3 is 5.97 Å². The van der Waals surface area contributed by atoms with E-state index >= 15 is 0 Å². The first-order valence-corrected chi connectivity index (χ1v) is 6.47. The van der Waals surface area contributed by atoms with Crippen LogP contribution in [0.5, 0.6) is 5.75 Å². The van der Waals surface area contributed by atoms with E-state index in [1.54, 1.807) is 36.5 Å². The minimum absolute atomic E-state index is 0.0837. The number of fused-ring (bicyclic) bond motifs is 1. The van der Waals surface area contributed by atoms with E-state index in [1.807, 2.05) is 0 Å². The summed E-state index contributed by atoms with van der Waals surface area (Å²) in [5, 5.41) is 27.5. The van der Waals surface area contributed by atoms with Crippen molar-refractivity contribution < 1.29 is 15.0 Å². The number of pyridine rings is 1. The van der Waals surface area contributed by atoms with Gasteiger partial charge in [-0.25, -0.2) is 4.79 Å². The number of carbonyl (C=O) groups is 1. The summed E-state index contributed by atoms with van der Waals surface area (Å²) in [6, 6.07) is 12.8. The van der Waals surface area contributed by atoms with Crippen molar-refractivity contribution in [1.29, 1.82) is 0 Å². The average molecular weight is 293 g/mol. The number of hydrogen-bond acceptors (Lipinski definition) is 5. The standard InChI is InChI=1S/C16H11N3O3/c20-14-8-7-13(12-2-1-9-17-15(12)14)19-18-11-5-3-10(4-6-11)16(21)22/h1-9,20H,(H,21,22)/b19-18+. The van der Waals surface area contributed by atoms with Gasteiger partial charge in [-0.05, 0) is 48.5 Å². The van der Waals surface area contributed by atoms with Gasteiger partial charge in [-0.3, -0.25) is 4.98 Å². The summed E-state index contributed by atoms with van der Waals surface area (Å²) >= 11 is 0. The molecule has 1 aromatic heterocycles. The van der Waals surface area contributed by atoms with E-state index in [4.69, 9.17) is 5.11 Å². The van der Waals surface area contributed by atoms with Gasteiger partial charge in [0.15, 0.2) is 0 Å². The Hall–Kier alpha value is -3.28. The van der Waals surface area contributed by atoms with Crippen LogP contribution < -0.4 is 0 Å². The second-order valence-corrected chi connectivity index (χ2v) is 4.56. The van der Waals surface area contributed by atoms with Gasteiger partial charge < -0.3 is 10.2 Å². The number of hydrogen-bond donors (Lipinski definition) is 2. The van der Waals surface area contributed by atoms with Gasteiger partial charge in [0.2, 0.25) is 0 Å². The number of benzene rings is 2. The van der Waals surface area contributed by atoms with Gasteiger partial charge in [-0.15, -0.1) is 5.11 Å². The summed E-state index contributed by atoms with van der Waals surface area (Å²) in [6.07, 6.45) is 1.59. The van der Waals surface area contributed by atoms with Gasteiger partial charge in [0.1, 0.15) is 11.3 Å². The minimum Gasteiger partial charge on any atom is -0.506 e. The predicted molar refractivity (Wildman–Crippen MR) is 81.0 cm³/mol. The largest absolute Gasteiger partial charge is 0.506 e. The molecule has 0 fully saturated rings. The minimum atomic E-state index is -0.987. The fourth-order valence-electron chi connectivity index (χ4n) is 2.01. The number of carboxylic acid groups (broad SMARTS) is 1. The molecule has 108 valence electrons. The van der Waals surface area contributed by atoms with Crippen molar-refractivity contribution in [3.8, 4) is 5.75 Å². The smallest absolute Gasteiger partial charge is 0.335 e. The number of aromatic carboxylic acids is 1. The summed E-state index contributed by atoms with van der Waals surface area (Å²) in [5.74, 6) is -0.903. The zero-order valence-corrected chi connectivity index (χ0v) is 11.3. The van der Waals surface area contributed by atoms with Gasteiger partial charge in [-0.1, -0.05) is 0 Å². The second-order valence-electron chi connectivity index (χ2n) is 4.56. The molecule has 0 aliphatic carbocycles. The van der Waals surface area contributed by atoms with E-state index in [2.05, 4.69) is 15.2 Å². The van der Waals surface area contributed by atoms with Crippen molar-refractivity contribution in [3.63, 3.8) is 0 Å². The first kappa shape index (κ1) is 13.7. The molecule has 0 bridgehead atoms. The molecule has 22 heavy (non-hydrogen) atoms. The lowest BCUT2D eigenvalue weighted by Crippen LogP contribution is -1.93. The van der Waals surface area contributed by atoms with Crippen molar-refractivity contribution in [1.82, 2.24) is 4.98 Å². The lowest BCUT2D eigenvalue weighted by atomic mass is 10.2. The third-order valence-corrected chi connectivity index (χ3v) is 3.11. The Morgan fingerprint density at radius 2 is 1.77 bits per heavy atom. The van der Waals surface area contributed by atoms with E-state index in [1.165, 1.54) is 18.2 Å². The first-order chi connectivity index (χ1) is 10.6. The molecule has 0 saturated carbocycles. The van der Waals surface area contributed by atoms with E-state index in [0.29, 0.717) is 22.3 Å². The third kappa shape index (κ3) is 2.62. The summed E-state index contributed by atoms with van der Waals surface area (Å²) in [7, 11) is 0. The number of phenols is 1. The van der Waals surface area contributed by atoms with Crippen LogP contribution >= 0.6 is 0 Å². The maximum absolute atomic E-state index is 10.8. The molecule has 3 aromatic rings. The molecule has 0 radical (unpaired) electrons. The van der Waals surface area contributed by atoms with Crippen molar-refractivity contribution in [2.75, 3.05) is 0 Å². The molecule has 0 unspecified atom stereocenters. The summed E-state index contributed by atoms with van der Waals surface area (Å²) < 4.78 is 0. The van der Waals surface area contributed by atoms with E-state index in [9.17, 15) is 9.90 Å². The number of phenolic OH excluding ortho intramolecular Hbond substituents is 1. The Bertz CT molecular complexity index is 873. The zero-order valence-electron chi connectivity index (χ0n) is 11.3. The number of aromatic hydroxyl groups is 1. The predicted octanol–water partition coefficient (Wildman–Crippen LogP) is 4.05. The molecule has 6 heteroatoms. The monoisotopic (exact) mass is 293 g/mol. The fourth-order valence-corrected chi connectivity index (χ4v) is 2.01. The van der Waals surface area contributed by atoms with Crippen LogP contribution in [-0.4, -0.2) is 21.2 Å². The highest BCUT2D eigenvalue weighted by Crippen LogP contribution is 2.31. The molecular weight excluding hydrogens is 282 g/mol. The van der Waals surface area contributed by atoms with E-state index in [0.717, 1.165) is 0 Å². The molecule has 3 rings (SSSR count). The molecule has 0 aliphatic heterocycles. The maximum atomic E-state index is 10.8. The first-order valence-electron chi connectivity index (χ1n) is 6.47. The quantitative estimate of drug-likeness (QED) is 0.712. The number of carboxylic acids is 1. The van der Waals surface area contributed by atoms with Crippen LogP contribution in [-0.2, 0) is 0 Å². The molecule has 0 spiro atoms. The van der Waals surface area contributed by atoms with Gasteiger partial charge in [0.05, 0.1) is 16.9 Å². The molecule has 0 aliphatic rings. The zero-order chi connectivity index (χ0) is 15.5. The van der Waals surface area contributed by atoms with Crippen LogP contribution in [0.25, 0.3) is 10.9 Å². The summed E-state index contributed by atoms with van der Waals surface area (Å²) in [4.78, 5) is 14.9. The number of rotatable bonds is 3. The SMILES string of the molecule is O=C(O)c1ccc(/N=N/c2ccc(O)c3ncccc23)cc1. The molecule has 0 atom stereocenters. The molecular formula is C16H11N3O3. The molecule has 0 amide bonds. The highest BCUT2D eigenvalue weighted by atomic mass is 16.4. The van der Waals surface area contributed by atoms with Crippen LogP contribution in [0.2, 0.25) is 0 Å². The molecule has 2 N–H and O–H groups in total. The third-order valence-electron chi connectivity index (χ3n) is 3.11. The van der Waals surface area contributed by atoms with Crippen molar-refractivity contribution in [2.24, 2.45) is 10.2 Å². The van der Waals surface area contributed by atoms with Gasteiger partial charge in [0, 0.05) is 11.6 Å². The Morgan fingerprint density at radius 1 is 1.00 bits per heavy atom. The molecule has 6 nitrogen and oxygen atoms in total. The topological polar surface area (TPSA) is 95.1 Å². The molecule has 2 aromatic carbocycles. The van der Waals surface area contributed by atoms with Crippen molar-refractivity contribution in [2.45, 2.75) is 0 Å². The van der Waals surface area contributed by atoms with Gasteiger partial charge in [-0.2, -0.15) is 5.11 Å². The Morgan fingerprint density at radius 3 is 2.50 bits per heavy atom. The van der Waals surface area contributed by atoms with Crippen LogP contribution in [0.4, 0.5) is 11.4 Å². The number of aromatic nitrogens is 1. The van der Waals surface area contributed by atoms with Crippen molar-refractivity contribution in [3.05, 3.63) is 60.3 Å². The second kappa shape index (κ2) is 5.61. The van der Waals surface area contributed by atoms with Crippen LogP contribution in [0, 0.1) is 0 Å². The van der Waals surface area contributed by atoms with Crippen LogP contribution in [0.15, 0.2) is 65.0 Å². The molecule has 1 heterocycles. The lowest BCUT2D eigenvalue weighted by Gasteiger charge is -2.02. The fraction of sp³-hybridized carbons (Fsp3) is 0. The highest BCUT2D eigenvalue weighted by molar-refractivity contribution is 5.93. The van der Waals surface area contributed by atoms with Crippen molar-refractivity contribution >= 4 is 28.2 Å². The number of nitrogens with zero attached hydrogens (tertiary/aromatic N) is 3.